The quantitative estimate of drug-likeness (QED) is 0.796. The maximum atomic E-state index is 6.04. The number of fused-ring (bicyclic) bond motifs is 1. The highest BCUT2D eigenvalue weighted by Gasteiger charge is 2.13. The lowest BCUT2D eigenvalue weighted by atomic mass is 10.2. The Morgan fingerprint density at radius 2 is 2.10 bits per heavy atom. The number of aromatic nitrogens is 2. The Morgan fingerprint density at radius 1 is 1.29 bits per heavy atom. The zero-order chi connectivity index (χ0) is 15.0. The molecule has 108 valence electrons. The summed E-state index contributed by atoms with van der Waals surface area (Å²) < 4.78 is 0. The molecule has 21 heavy (non-hydrogen) atoms. The van der Waals surface area contributed by atoms with E-state index >= 15 is 0 Å². The van der Waals surface area contributed by atoms with Crippen LogP contribution in [0.15, 0.2) is 30.3 Å². The molecule has 0 fully saturated rings. The van der Waals surface area contributed by atoms with Gasteiger partial charge in [0.2, 0.25) is 5.95 Å². The largest absolute Gasteiger partial charge is 0.368 e. The first-order chi connectivity index (χ1) is 10.0. The van der Waals surface area contributed by atoms with Crippen LogP contribution in [0.3, 0.4) is 0 Å². The van der Waals surface area contributed by atoms with Crippen LogP contribution < -0.4 is 10.6 Å². The summed E-state index contributed by atoms with van der Waals surface area (Å²) in [4.78, 5) is 12.9. The van der Waals surface area contributed by atoms with Crippen molar-refractivity contribution in [1.82, 2.24) is 9.97 Å². The maximum Gasteiger partial charge on any atom is 0.223 e. The summed E-state index contributed by atoms with van der Waals surface area (Å²) in [5.41, 5.74) is 6.95. The molecule has 0 saturated carbocycles. The molecule has 0 bridgehead atoms. The number of rotatable bonds is 3. The van der Waals surface area contributed by atoms with Crippen LogP contribution >= 0.6 is 22.9 Å². The van der Waals surface area contributed by atoms with Crippen LogP contribution in [0, 0.1) is 6.92 Å². The predicted octanol–water partition coefficient (Wildman–Crippen LogP) is 3.87. The molecule has 2 aromatic heterocycles. The molecule has 2 heterocycles. The lowest BCUT2D eigenvalue weighted by Crippen LogP contribution is -2.18. The monoisotopic (exact) mass is 318 g/mol. The first-order valence-corrected chi connectivity index (χ1v) is 7.71. The summed E-state index contributed by atoms with van der Waals surface area (Å²) in [6.07, 6.45) is 0. The number of anilines is 2. The number of thiophene rings is 1. The molecule has 0 saturated heterocycles. The van der Waals surface area contributed by atoms with Crippen LogP contribution in [0.1, 0.15) is 10.4 Å². The van der Waals surface area contributed by atoms with E-state index in [-0.39, 0.29) is 0 Å². The van der Waals surface area contributed by atoms with Gasteiger partial charge in [0.25, 0.3) is 0 Å². The zero-order valence-corrected chi connectivity index (χ0v) is 13.4. The second-order valence-corrected chi connectivity index (χ2v) is 6.64. The molecule has 0 amide bonds. The molecule has 0 aliphatic rings. The molecule has 1 aromatic carbocycles. The van der Waals surface area contributed by atoms with E-state index in [2.05, 4.69) is 27.9 Å². The van der Waals surface area contributed by atoms with Crippen molar-refractivity contribution in [3.63, 3.8) is 0 Å². The maximum absolute atomic E-state index is 6.04. The highest BCUT2D eigenvalue weighted by atomic mass is 35.5. The van der Waals surface area contributed by atoms with Gasteiger partial charge in [-0.2, -0.15) is 4.98 Å². The molecule has 2 N–H and O–H groups in total. The molecule has 0 aliphatic carbocycles. The minimum atomic E-state index is 0.303. The second kappa shape index (κ2) is 5.50. The van der Waals surface area contributed by atoms with Crippen molar-refractivity contribution < 1.29 is 0 Å². The van der Waals surface area contributed by atoms with Gasteiger partial charge >= 0.3 is 0 Å². The highest BCUT2D eigenvalue weighted by Crippen LogP contribution is 2.31. The third-order valence-electron chi connectivity index (χ3n) is 3.18. The van der Waals surface area contributed by atoms with Crippen LogP contribution in [0.5, 0.6) is 0 Å². The number of hydrogen-bond donors (Lipinski definition) is 1. The topological polar surface area (TPSA) is 55.0 Å². The van der Waals surface area contributed by atoms with Crippen molar-refractivity contribution in [2.24, 2.45) is 0 Å². The van der Waals surface area contributed by atoms with E-state index in [0.29, 0.717) is 12.5 Å². The number of halogens is 1. The molecule has 0 spiro atoms. The minimum absolute atomic E-state index is 0.303. The van der Waals surface area contributed by atoms with Crippen LogP contribution in [0.25, 0.3) is 10.2 Å². The summed E-state index contributed by atoms with van der Waals surface area (Å²) in [5, 5.41) is 1.77. The fourth-order valence-corrected chi connectivity index (χ4v) is 3.41. The molecular weight excluding hydrogens is 304 g/mol. The van der Waals surface area contributed by atoms with E-state index in [9.17, 15) is 0 Å². The number of nitrogens with two attached hydrogens (primary N) is 1. The van der Waals surface area contributed by atoms with Crippen molar-refractivity contribution in [3.05, 3.63) is 45.8 Å². The standard InChI is InChI=1S/C15H15ClN4S/c1-9-6-12-13(18-15(17)19-14(12)21-9)20(2)8-10-4-3-5-11(16)7-10/h3-7H,8H2,1-2H3,(H2,17,18,19). The Bertz CT molecular complexity index is 799. The zero-order valence-electron chi connectivity index (χ0n) is 11.8. The summed E-state index contributed by atoms with van der Waals surface area (Å²) in [6, 6.07) is 9.92. The molecule has 3 rings (SSSR count). The molecule has 6 heteroatoms. The average molecular weight is 319 g/mol. The number of nitrogen functional groups attached to an aromatic ring is 1. The van der Waals surface area contributed by atoms with Crippen LogP contribution in [0.4, 0.5) is 11.8 Å². The van der Waals surface area contributed by atoms with Gasteiger partial charge in [-0.1, -0.05) is 23.7 Å². The van der Waals surface area contributed by atoms with Gasteiger partial charge in [0.05, 0.1) is 5.39 Å². The number of aryl methyl sites for hydroxylation is 1. The Hall–Kier alpha value is -1.85. The first-order valence-electron chi connectivity index (χ1n) is 6.52. The fraction of sp³-hybridized carbons (Fsp3) is 0.200. The van der Waals surface area contributed by atoms with Gasteiger partial charge in [0.15, 0.2) is 0 Å². The molecule has 0 unspecified atom stereocenters. The lowest BCUT2D eigenvalue weighted by Gasteiger charge is -2.19. The summed E-state index contributed by atoms with van der Waals surface area (Å²) in [5.74, 6) is 1.15. The van der Waals surface area contributed by atoms with Crippen LogP contribution in [-0.4, -0.2) is 17.0 Å². The van der Waals surface area contributed by atoms with E-state index in [1.807, 2.05) is 31.3 Å². The second-order valence-electron chi connectivity index (χ2n) is 4.97. The van der Waals surface area contributed by atoms with Gasteiger partial charge in [0.1, 0.15) is 10.6 Å². The third-order valence-corrected chi connectivity index (χ3v) is 4.36. The fourth-order valence-electron chi connectivity index (χ4n) is 2.32. The van der Waals surface area contributed by atoms with E-state index in [0.717, 1.165) is 26.6 Å². The summed E-state index contributed by atoms with van der Waals surface area (Å²) in [7, 11) is 2.00. The normalized spacial score (nSPS) is 11.0. The Morgan fingerprint density at radius 3 is 2.86 bits per heavy atom. The summed E-state index contributed by atoms with van der Waals surface area (Å²) >= 11 is 7.66. The molecule has 0 aliphatic heterocycles. The molecular formula is C15H15ClN4S. The number of nitrogens with zero attached hydrogens (tertiary/aromatic N) is 3. The van der Waals surface area contributed by atoms with Crippen molar-refractivity contribution in [2.45, 2.75) is 13.5 Å². The molecule has 4 nitrogen and oxygen atoms in total. The molecule has 0 radical (unpaired) electrons. The van der Waals surface area contributed by atoms with Crippen molar-refractivity contribution >= 4 is 44.9 Å². The van der Waals surface area contributed by atoms with Gasteiger partial charge in [-0.3, -0.25) is 0 Å². The van der Waals surface area contributed by atoms with Crippen molar-refractivity contribution in [3.8, 4) is 0 Å². The van der Waals surface area contributed by atoms with Crippen LogP contribution in [0.2, 0.25) is 5.02 Å². The smallest absolute Gasteiger partial charge is 0.223 e. The van der Waals surface area contributed by atoms with E-state index in [1.54, 1.807) is 11.3 Å². The SMILES string of the molecule is Cc1cc2c(N(C)Cc3cccc(Cl)c3)nc(N)nc2s1. The van der Waals surface area contributed by atoms with Gasteiger partial charge in [-0.05, 0) is 30.7 Å². The van der Waals surface area contributed by atoms with Gasteiger partial charge in [-0.15, -0.1) is 11.3 Å². The van der Waals surface area contributed by atoms with Gasteiger partial charge in [0, 0.05) is 23.5 Å². The lowest BCUT2D eigenvalue weighted by molar-refractivity contribution is 0.903. The Balaban J connectivity index is 1.99. The van der Waals surface area contributed by atoms with Crippen molar-refractivity contribution in [2.75, 3.05) is 17.7 Å². The Labute approximate surface area is 132 Å². The van der Waals surface area contributed by atoms with Gasteiger partial charge in [-0.25, -0.2) is 4.98 Å². The van der Waals surface area contributed by atoms with E-state index in [4.69, 9.17) is 17.3 Å². The van der Waals surface area contributed by atoms with Gasteiger partial charge < -0.3 is 10.6 Å². The first kappa shape index (κ1) is 14.1. The van der Waals surface area contributed by atoms with Crippen LogP contribution in [-0.2, 0) is 6.54 Å². The minimum Gasteiger partial charge on any atom is -0.368 e. The number of benzene rings is 1. The predicted molar refractivity (Wildman–Crippen MR) is 90.1 cm³/mol. The summed E-state index contributed by atoms with van der Waals surface area (Å²) in [6.45, 7) is 2.77. The Kier molecular flexibility index (Phi) is 3.69. The highest BCUT2D eigenvalue weighted by molar-refractivity contribution is 7.18. The van der Waals surface area contributed by atoms with Crippen molar-refractivity contribution in [1.29, 1.82) is 0 Å². The average Bonchev–Trinajstić information content (AvgIpc) is 2.77. The molecule has 0 atom stereocenters. The van der Waals surface area contributed by atoms with E-state index in [1.165, 1.54) is 4.88 Å². The third kappa shape index (κ3) is 2.94. The molecule has 3 aromatic rings. The number of hydrogen-bond acceptors (Lipinski definition) is 5. The van der Waals surface area contributed by atoms with E-state index < -0.39 is 0 Å².